The first-order valence-electron chi connectivity index (χ1n) is 4.92. The standard InChI is InChI=1S/C10H9Cl2N5O/c1-4-2-6(11)15-9(12)7(4)16-10(18)8-5(13)3-14-17-8/h2-3H,13H2,1H3,(H,14,17)(H,16,18). The third kappa shape index (κ3) is 2.39. The van der Waals surface area contributed by atoms with Gasteiger partial charge in [-0.15, -0.1) is 0 Å². The van der Waals surface area contributed by atoms with Gasteiger partial charge in [-0.25, -0.2) is 4.98 Å². The van der Waals surface area contributed by atoms with Gasteiger partial charge in [-0.05, 0) is 18.6 Å². The first-order chi connectivity index (χ1) is 8.49. The topological polar surface area (TPSA) is 96.7 Å². The number of halogens is 2. The van der Waals surface area contributed by atoms with Gasteiger partial charge >= 0.3 is 0 Å². The zero-order chi connectivity index (χ0) is 13.3. The van der Waals surface area contributed by atoms with Crippen molar-refractivity contribution < 1.29 is 4.79 Å². The number of nitrogens with one attached hydrogen (secondary N) is 2. The molecule has 0 aliphatic carbocycles. The molecule has 0 spiro atoms. The Balaban J connectivity index is 2.31. The van der Waals surface area contributed by atoms with E-state index in [9.17, 15) is 4.79 Å². The highest BCUT2D eigenvalue weighted by Crippen LogP contribution is 2.27. The summed E-state index contributed by atoms with van der Waals surface area (Å²) in [6.45, 7) is 1.76. The number of aromatic amines is 1. The molecule has 0 aliphatic rings. The van der Waals surface area contributed by atoms with E-state index in [0.29, 0.717) is 11.3 Å². The Morgan fingerprint density at radius 3 is 2.78 bits per heavy atom. The summed E-state index contributed by atoms with van der Waals surface area (Å²) in [7, 11) is 0. The second-order valence-electron chi connectivity index (χ2n) is 3.58. The van der Waals surface area contributed by atoms with Crippen molar-refractivity contribution in [2.45, 2.75) is 6.92 Å². The number of amides is 1. The van der Waals surface area contributed by atoms with Crippen molar-refractivity contribution in [3.8, 4) is 0 Å². The molecule has 2 heterocycles. The van der Waals surface area contributed by atoms with Crippen LogP contribution in [0.1, 0.15) is 16.1 Å². The van der Waals surface area contributed by atoms with Gasteiger partial charge in [0.05, 0.1) is 17.6 Å². The summed E-state index contributed by atoms with van der Waals surface area (Å²) in [4.78, 5) is 15.8. The van der Waals surface area contributed by atoms with Gasteiger partial charge in [0.2, 0.25) is 0 Å². The minimum atomic E-state index is -0.445. The molecular formula is C10H9Cl2N5O. The van der Waals surface area contributed by atoms with Crippen molar-refractivity contribution in [1.82, 2.24) is 15.2 Å². The van der Waals surface area contributed by atoms with E-state index in [2.05, 4.69) is 20.5 Å². The predicted molar refractivity (Wildman–Crippen MR) is 69.9 cm³/mol. The van der Waals surface area contributed by atoms with E-state index in [0.717, 1.165) is 0 Å². The molecule has 2 aromatic rings. The number of carbonyl (C=O) groups excluding carboxylic acids is 1. The van der Waals surface area contributed by atoms with Gasteiger partial charge in [-0.1, -0.05) is 23.2 Å². The molecule has 4 N–H and O–H groups in total. The number of nitrogens with zero attached hydrogens (tertiary/aromatic N) is 2. The zero-order valence-electron chi connectivity index (χ0n) is 9.29. The Morgan fingerprint density at radius 2 is 2.22 bits per heavy atom. The van der Waals surface area contributed by atoms with Crippen molar-refractivity contribution >= 4 is 40.5 Å². The lowest BCUT2D eigenvalue weighted by atomic mass is 10.2. The van der Waals surface area contributed by atoms with E-state index in [1.807, 2.05) is 0 Å². The third-order valence-electron chi connectivity index (χ3n) is 2.28. The normalized spacial score (nSPS) is 10.4. The monoisotopic (exact) mass is 285 g/mol. The van der Waals surface area contributed by atoms with E-state index in [1.54, 1.807) is 13.0 Å². The van der Waals surface area contributed by atoms with Gasteiger partial charge < -0.3 is 11.1 Å². The van der Waals surface area contributed by atoms with Crippen molar-refractivity contribution in [3.05, 3.63) is 33.8 Å². The molecule has 18 heavy (non-hydrogen) atoms. The van der Waals surface area contributed by atoms with Gasteiger partial charge in [0.25, 0.3) is 5.91 Å². The molecule has 0 radical (unpaired) electrons. The van der Waals surface area contributed by atoms with Crippen LogP contribution < -0.4 is 11.1 Å². The Bertz CT molecular complexity index is 587. The number of rotatable bonds is 2. The van der Waals surface area contributed by atoms with Crippen LogP contribution in [0.25, 0.3) is 0 Å². The predicted octanol–water partition coefficient (Wildman–Crippen LogP) is 2.25. The summed E-state index contributed by atoms with van der Waals surface area (Å²) < 4.78 is 0. The van der Waals surface area contributed by atoms with Crippen LogP contribution in [0.15, 0.2) is 12.3 Å². The number of hydrogen-bond acceptors (Lipinski definition) is 4. The summed E-state index contributed by atoms with van der Waals surface area (Å²) in [5.74, 6) is -0.445. The van der Waals surface area contributed by atoms with Gasteiger partial charge in [0.1, 0.15) is 10.8 Å². The van der Waals surface area contributed by atoms with Crippen molar-refractivity contribution in [1.29, 1.82) is 0 Å². The molecule has 94 valence electrons. The zero-order valence-corrected chi connectivity index (χ0v) is 10.8. The molecule has 0 atom stereocenters. The molecule has 0 fully saturated rings. The minimum absolute atomic E-state index is 0.117. The van der Waals surface area contributed by atoms with Crippen molar-refractivity contribution in [2.75, 3.05) is 11.1 Å². The maximum atomic E-state index is 11.9. The minimum Gasteiger partial charge on any atom is -0.396 e. The molecule has 0 saturated heterocycles. The number of H-pyrrole nitrogens is 1. The quantitative estimate of drug-likeness (QED) is 0.737. The van der Waals surface area contributed by atoms with Gasteiger partial charge in [-0.2, -0.15) is 5.10 Å². The summed E-state index contributed by atoms with van der Waals surface area (Å²) in [5, 5.41) is 9.15. The molecular weight excluding hydrogens is 277 g/mol. The Kier molecular flexibility index (Phi) is 3.40. The highest BCUT2D eigenvalue weighted by Gasteiger charge is 2.15. The number of anilines is 2. The first kappa shape index (κ1) is 12.7. The number of nitrogen functional groups attached to an aromatic ring is 1. The molecule has 2 rings (SSSR count). The highest BCUT2D eigenvalue weighted by atomic mass is 35.5. The van der Waals surface area contributed by atoms with Gasteiger partial charge in [0, 0.05) is 0 Å². The molecule has 0 bridgehead atoms. The van der Waals surface area contributed by atoms with Crippen LogP contribution in [0.2, 0.25) is 10.3 Å². The van der Waals surface area contributed by atoms with E-state index in [-0.39, 0.29) is 21.7 Å². The van der Waals surface area contributed by atoms with Gasteiger partial charge in [-0.3, -0.25) is 9.89 Å². The molecule has 0 aromatic carbocycles. The lowest BCUT2D eigenvalue weighted by Crippen LogP contribution is -2.15. The third-order valence-corrected chi connectivity index (χ3v) is 2.74. The Morgan fingerprint density at radius 1 is 1.50 bits per heavy atom. The van der Waals surface area contributed by atoms with E-state index < -0.39 is 5.91 Å². The van der Waals surface area contributed by atoms with Crippen molar-refractivity contribution in [3.63, 3.8) is 0 Å². The molecule has 0 saturated carbocycles. The maximum Gasteiger partial charge on any atom is 0.275 e. The average Bonchev–Trinajstić information content (AvgIpc) is 2.69. The number of carbonyl (C=O) groups is 1. The van der Waals surface area contributed by atoms with Crippen LogP contribution in [-0.2, 0) is 0 Å². The summed E-state index contributed by atoms with van der Waals surface area (Å²) in [5.41, 5.74) is 7.08. The number of pyridine rings is 1. The summed E-state index contributed by atoms with van der Waals surface area (Å²) in [6, 6.07) is 1.60. The molecule has 0 aliphatic heterocycles. The smallest absolute Gasteiger partial charge is 0.275 e. The van der Waals surface area contributed by atoms with E-state index in [4.69, 9.17) is 28.9 Å². The fourth-order valence-corrected chi connectivity index (χ4v) is 1.98. The van der Waals surface area contributed by atoms with E-state index in [1.165, 1.54) is 6.20 Å². The molecule has 1 amide bonds. The second-order valence-corrected chi connectivity index (χ2v) is 4.33. The lowest BCUT2D eigenvalue weighted by Gasteiger charge is -2.09. The number of aromatic nitrogens is 3. The number of aryl methyl sites for hydroxylation is 1. The molecule has 0 unspecified atom stereocenters. The maximum absolute atomic E-state index is 11.9. The molecule has 8 heteroatoms. The number of hydrogen-bond donors (Lipinski definition) is 3. The van der Waals surface area contributed by atoms with Crippen LogP contribution in [0.3, 0.4) is 0 Å². The SMILES string of the molecule is Cc1cc(Cl)nc(Cl)c1NC(=O)c1[nH]ncc1N. The summed E-state index contributed by atoms with van der Waals surface area (Å²) >= 11 is 11.7. The average molecular weight is 286 g/mol. The van der Waals surface area contributed by atoms with Crippen molar-refractivity contribution in [2.24, 2.45) is 0 Å². The van der Waals surface area contributed by atoms with Crippen LogP contribution in [-0.4, -0.2) is 21.1 Å². The second kappa shape index (κ2) is 4.83. The fourth-order valence-electron chi connectivity index (χ4n) is 1.40. The Labute approximate surface area is 112 Å². The van der Waals surface area contributed by atoms with Crippen LogP contribution in [0.4, 0.5) is 11.4 Å². The largest absolute Gasteiger partial charge is 0.396 e. The number of nitrogens with two attached hydrogens (primary N) is 1. The van der Waals surface area contributed by atoms with E-state index >= 15 is 0 Å². The highest BCUT2D eigenvalue weighted by molar-refractivity contribution is 6.35. The van der Waals surface area contributed by atoms with Crippen LogP contribution in [0.5, 0.6) is 0 Å². The molecule has 2 aromatic heterocycles. The summed E-state index contributed by atoms with van der Waals surface area (Å²) in [6.07, 6.45) is 1.35. The lowest BCUT2D eigenvalue weighted by molar-refractivity contribution is 0.102. The Hall–Kier alpha value is -1.79. The van der Waals surface area contributed by atoms with Crippen LogP contribution >= 0.6 is 23.2 Å². The first-order valence-corrected chi connectivity index (χ1v) is 5.67. The van der Waals surface area contributed by atoms with Crippen LogP contribution in [0, 0.1) is 6.92 Å². The van der Waals surface area contributed by atoms with Gasteiger partial charge in [0.15, 0.2) is 5.15 Å². The molecule has 6 nitrogen and oxygen atoms in total. The fraction of sp³-hybridized carbons (Fsp3) is 0.100.